The van der Waals surface area contributed by atoms with Crippen LogP contribution in [-0.2, 0) is 0 Å². The van der Waals surface area contributed by atoms with Crippen LogP contribution in [0, 0.1) is 0 Å². The Labute approximate surface area is 176 Å². The number of aliphatic hydroxyl groups is 1. The molecular weight excluding hydrogens is 382 g/mol. The van der Waals surface area contributed by atoms with Crippen LogP contribution in [0.5, 0.6) is 5.75 Å². The third-order valence-electron chi connectivity index (χ3n) is 5.83. The van der Waals surface area contributed by atoms with Crippen molar-refractivity contribution in [1.82, 2.24) is 9.80 Å². The first-order valence-corrected chi connectivity index (χ1v) is 10.3. The van der Waals surface area contributed by atoms with E-state index in [1.807, 2.05) is 18.2 Å². The number of anilines is 1. The molecule has 0 spiro atoms. The van der Waals surface area contributed by atoms with Gasteiger partial charge in [0.05, 0.1) is 30.0 Å². The maximum atomic E-state index is 12.4. The zero-order valence-electron chi connectivity index (χ0n) is 17.2. The third kappa shape index (κ3) is 4.04. The number of ether oxygens (including phenoxy) is 1. The standard InChI is InChI=1S/C23H27N3O4/c1-30-21-9-5-4-8-20(21)25-14-12-24(13-15-25)16-17(27)10-11-26-22(28)18-6-2-3-7-19(18)23(26)29/h2-9,17,27H,10-16H2,1H3. The van der Waals surface area contributed by atoms with E-state index < -0.39 is 6.10 Å². The molecular formula is C23H27N3O4. The van der Waals surface area contributed by atoms with E-state index in [1.165, 1.54) is 4.90 Å². The van der Waals surface area contributed by atoms with Gasteiger partial charge in [0.25, 0.3) is 11.8 Å². The summed E-state index contributed by atoms with van der Waals surface area (Å²) in [7, 11) is 1.68. The number of β-amino-alcohol motifs (C(OH)–C–C–N with tert-alkyl or cyclic N) is 1. The Morgan fingerprint density at radius 1 is 0.933 bits per heavy atom. The molecule has 7 nitrogen and oxygen atoms in total. The Morgan fingerprint density at radius 3 is 2.17 bits per heavy atom. The number of benzene rings is 2. The molecule has 2 aromatic carbocycles. The predicted molar refractivity (Wildman–Crippen MR) is 114 cm³/mol. The molecule has 1 saturated heterocycles. The largest absolute Gasteiger partial charge is 0.495 e. The summed E-state index contributed by atoms with van der Waals surface area (Å²) in [4.78, 5) is 30.6. The van der Waals surface area contributed by atoms with Crippen molar-refractivity contribution in [3.8, 4) is 5.75 Å². The molecule has 2 aliphatic heterocycles. The number of rotatable bonds is 7. The number of carbonyl (C=O) groups excluding carboxylic acids is 2. The van der Waals surface area contributed by atoms with Gasteiger partial charge in [-0.15, -0.1) is 0 Å². The van der Waals surface area contributed by atoms with Crippen LogP contribution in [0.1, 0.15) is 27.1 Å². The maximum Gasteiger partial charge on any atom is 0.261 e. The van der Waals surface area contributed by atoms with E-state index in [9.17, 15) is 14.7 Å². The highest BCUT2D eigenvalue weighted by atomic mass is 16.5. The smallest absolute Gasteiger partial charge is 0.261 e. The van der Waals surface area contributed by atoms with Crippen molar-refractivity contribution in [2.24, 2.45) is 0 Å². The number of nitrogens with zero attached hydrogens (tertiary/aromatic N) is 3. The summed E-state index contributed by atoms with van der Waals surface area (Å²) in [5, 5.41) is 10.5. The van der Waals surface area contributed by atoms with E-state index >= 15 is 0 Å². The van der Waals surface area contributed by atoms with Crippen LogP contribution in [0.25, 0.3) is 0 Å². The molecule has 4 rings (SSSR count). The van der Waals surface area contributed by atoms with Gasteiger partial charge in [-0.25, -0.2) is 0 Å². The van der Waals surface area contributed by atoms with Crippen molar-refractivity contribution in [3.05, 3.63) is 59.7 Å². The van der Waals surface area contributed by atoms with Gasteiger partial charge in [-0.1, -0.05) is 24.3 Å². The number of imide groups is 1. The molecule has 2 aromatic rings. The van der Waals surface area contributed by atoms with Gasteiger partial charge in [0.15, 0.2) is 0 Å². The van der Waals surface area contributed by atoms with Crippen LogP contribution < -0.4 is 9.64 Å². The lowest BCUT2D eigenvalue weighted by atomic mass is 10.1. The van der Waals surface area contributed by atoms with Crippen LogP contribution >= 0.6 is 0 Å². The highest BCUT2D eigenvalue weighted by Gasteiger charge is 2.35. The number of fused-ring (bicyclic) bond motifs is 1. The number of carbonyl (C=O) groups is 2. The van der Waals surface area contributed by atoms with E-state index in [1.54, 1.807) is 31.4 Å². The van der Waals surface area contributed by atoms with Crippen LogP contribution in [0.2, 0.25) is 0 Å². The number of methoxy groups -OCH3 is 1. The summed E-state index contributed by atoms with van der Waals surface area (Å²) in [6.45, 7) is 4.14. The molecule has 2 amide bonds. The van der Waals surface area contributed by atoms with Gasteiger partial charge in [0.1, 0.15) is 5.75 Å². The lowest BCUT2D eigenvalue weighted by molar-refractivity contribution is 0.0590. The fourth-order valence-corrected chi connectivity index (χ4v) is 4.17. The fraction of sp³-hybridized carbons (Fsp3) is 0.391. The quantitative estimate of drug-likeness (QED) is 0.704. The Morgan fingerprint density at radius 2 is 1.53 bits per heavy atom. The van der Waals surface area contributed by atoms with E-state index in [-0.39, 0.29) is 18.4 Å². The first-order valence-electron chi connectivity index (χ1n) is 10.3. The number of amides is 2. The minimum absolute atomic E-state index is 0.231. The zero-order valence-corrected chi connectivity index (χ0v) is 17.2. The lowest BCUT2D eigenvalue weighted by Crippen LogP contribution is -2.49. The molecule has 0 bridgehead atoms. The minimum atomic E-state index is -0.591. The molecule has 2 heterocycles. The summed E-state index contributed by atoms with van der Waals surface area (Å²) in [6, 6.07) is 14.9. The van der Waals surface area contributed by atoms with E-state index in [4.69, 9.17) is 4.74 Å². The van der Waals surface area contributed by atoms with Crippen molar-refractivity contribution in [2.75, 3.05) is 51.3 Å². The first-order chi connectivity index (χ1) is 14.6. The molecule has 1 atom stereocenters. The molecule has 0 aromatic heterocycles. The second-order valence-corrected chi connectivity index (χ2v) is 7.71. The number of aliphatic hydroxyl groups excluding tert-OH is 1. The summed E-state index contributed by atoms with van der Waals surface area (Å²) >= 11 is 0. The van der Waals surface area contributed by atoms with E-state index in [2.05, 4.69) is 15.9 Å². The van der Waals surface area contributed by atoms with Gasteiger partial charge in [-0.3, -0.25) is 19.4 Å². The third-order valence-corrected chi connectivity index (χ3v) is 5.83. The second-order valence-electron chi connectivity index (χ2n) is 7.71. The first kappa shape index (κ1) is 20.4. The van der Waals surface area contributed by atoms with Gasteiger partial charge < -0.3 is 14.7 Å². The maximum absolute atomic E-state index is 12.4. The molecule has 1 N–H and O–H groups in total. The zero-order chi connectivity index (χ0) is 21.1. The highest BCUT2D eigenvalue weighted by molar-refractivity contribution is 6.21. The minimum Gasteiger partial charge on any atom is -0.495 e. The molecule has 30 heavy (non-hydrogen) atoms. The number of piperazine rings is 1. The lowest BCUT2D eigenvalue weighted by Gasteiger charge is -2.37. The van der Waals surface area contributed by atoms with Crippen LogP contribution in [0.4, 0.5) is 5.69 Å². The highest BCUT2D eigenvalue weighted by Crippen LogP contribution is 2.28. The molecule has 0 radical (unpaired) electrons. The molecule has 158 valence electrons. The fourth-order valence-electron chi connectivity index (χ4n) is 4.17. The van der Waals surface area contributed by atoms with Crippen molar-refractivity contribution < 1.29 is 19.4 Å². The summed E-state index contributed by atoms with van der Waals surface area (Å²) < 4.78 is 5.46. The monoisotopic (exact) mass is 409 g/mol. The van der Waals surface area contributed by atoms with E-state index in [0.29, 0.717) is 24.1 Å². The number of para-hydroxylation sites is 2. The van der Waals surface area contributed by atoms with Gasteiger partial charge in [-0.2, -0.15) is 0 Å². The van der Waals surface area contributed by atoms with Gasteiger partial charge in [0, 0.05) is 39.3 Å². The second kappa shape index (κ2) is 8.85. The average Bonchev–Trinajstić information content (AvgIpc) is 3.03. The van der Waals surface area contributed by atoms with Crippen molar-refractivity contribution >= 4 is 17.5 Å². The van der Waals surface area contributed by atoms with Crippen LogP contribution in [0.3, 0.4) is 0 Å². The molecule has 7 heteroatoms. The SMILES string of the molecule is COc1ccccc1N1CCN(CC(O)CCN2C(=O)c3ccccc3C2=O)CC1. The van der Waals surface area contributed by atoms with Gasteiger partial charge >= 0.3 is 0 Å². The van der Waals surface area contributed by atoms with Crippen LogP contribution in [-0.4, -0.2) is 79.2 Å². The van der Waals surface area contributed by atoms with Crippen molar-refractivity contribution in [1.29, 1.82) is 0 Å². The van der Waals surface area contributed by atoms with Gasteiger partial charge in [0.2, 0.25) is 0 Å². The average molecular weight is 409 g/mol. The number of hydrogen-bond donors (Lipinski definition) is 1. The van der Waals surface area contributed by atoms with Crippen LogP contribution in [0.15, 0.2) is 48.5 Å². The Balaban J connectivity index is 1.25. The molecule has 0 saturated carbocycles. The topological polar surface area (TPSA) is 73.3 Å². The molecule has 0 aliphatic carbocycles. The van der Waals surface area contributed by atoms with Gasteiger partial charge in [-0.05, 0) is 30.7 Å². The normalized spacial score (nSPS) is 17.9. The van der Waals surface area contributed by atoms with Crippen molar-refractivity contribution in [2.45, 2.75) is 12.5 Å². The van der Waals surface area contributed by atoms with E-state index in [0.717, 1.165) is 37.6 Å². The molecule has 1 fully saturated rings. The Kier molecular flexibility index (Phi) is 6.01. The summed E-state index contributed by atoms with van der Waals surface area (Å²) in [5.74, 6) is 0.327. The predicted octanol–water partition coefficient (Wildman–Crippen LogP) is 1.86. The summed E-state index contributed by atoms with van der Waals surface area (Å²) in [6.07, 6.45) is -0.217. The number of hydrogen-bond acceptors (Lipinski definition) is 6. The Bertz CT molecular complexity index is 889. The molecule has 1 unspecified atom stereocenters. The van der Waals surface area contributed by atoms with Crippen molar-refractivity contribution in [3.63, 3.8) is 0 Å². The summed E-state index contributed by atoms with van der Waals surface area (Å²) in [5.41, 5.74) is 1.99. The Hall–Kier alpha value is -2.90. The molecule has 2 aliphatic rings.